The lowest BCUT2D eigenvalue weighted by Crippen LogP contribution is -2.19. The van der Waals surface area contributed by atoms with Gasteiger partial charge in [-0.1, -0.05) is 11.8 Å². The number of carbonyl (C=O) groups excluding carboxylic acids is 1. The smallest absolute Gasteiger partial charge is 0.217 e. The van der Waals surface area contributed by atoms with Gasteiger partial charge in [0.1, 0.15) is 0 Å². The Morgan fingerprint density at radius 3 is 2.69 bits per heavy atom. The molecule has 0 unspecified atom stereocenters. The summed E-state index contributed by atoms with van der Waals surface area (Å²) in [6.07, 6.45) is 0. The van der Waals surface area contributed by atoms with Crippen LogP contribution in [-0.2, 0) is 4.79 Å². The number of hydrogen-bond acceptors (Lipinski definition) is 2. The minimum atomic E-state index is -0.0699. The van der Waals surface area contributed by atoms with Crippen molar-refractivity contribution >= 4 is 11.6 Å². The van der Waals surface area contributed by atoms with Crippen molar-refractivity contribution < 1.29 is 4.79 Å². The third-order valence-corrected chi connectivity index (χ3v) is 2.26. The van der Waals surface area contributed by atoms with Gasteiger partial charge in [-0.2, -0.15) is 0 Å². The predicted molar refractivity (Wildman–Crippen MR) is 65.9 cm³/mol. The molecule has 1 amide bonds. The van der Waals surface area contributed by atoms with Crippen LogP contribution >= 0.6 is 0 Å². The molecule has 0 aliphatic heterocycles. The van der Waals surface area contributed by atoms with E-state index >= 15 is 0 Å². The van der Waals surface area contributed by atoms with Crippen molar-refractivity contribution in [1.82, 2.24) is 5.32 Å². The third kappa shape index (κ3) is 3.32. The zero-order chi connectivity index (χ0) is 12.1. The van der Waals surface area contributed by atoms with Crippen LogP contribution in [0.3, 0.4) is 0 Å². The van der Waals surface area contributed by atoms with Crippen LogP contribution in [0.2, 0.25) is 0 Å². The summed E-state index contributed by atoms with van der Waals surface area (Å²) in [6.45, 7) is 5.77. The van der Waals surface area contributed by atoms with Crippen LogP contribution < -0.4 is 11.1 Å². The van der Waals surface area contributed by atoms with Crippen molar-refractivity contribution in [2.45, 2.75) is 20.8 Å². The van der Waals surface area contributed by atoms with E-state index in [4.69, 9.17) is 5.73 Å². The lowest BCUT2D eigenvalue weighted by molar-refractivity contribution is -0.118. The zero-order valence-electron chi connectivity index (χ0n) is 9.85. The molecular formula is C13H16N2O. The molecule has 0 spiro atoms. The molecule has 0 bridgehead atoms. The van der Waals surface area contributed by atoms with Crippen molar-refractivity contribution in [1.29, 1.82) is 0 Å². The Kier molecular flexibility index (Phi) is 3.96. The number of amides is 1. The number of aryl methyl sites for hydroxylation is 2. The second kappa shape index (κ2) is 5.22. The van der Waals surface area contributed by atoms with Crippen molar-refractivity contribution in [3.63, 3.8) is 0 Å². The number of carbonyl (C=O) groups is 1. The van der Waals surface area contributed by atoms with Crippen LogP contribution in [0.5, 0.6) is 0 Å². The molecule has 0 saturated carbocycles. The van der Waals surface area contributed by atoms with Gasteiger partial charge < -0.3 is 11.1 Å². The van der Waals surface area contributed by atoms with Gasteiger partial charge in [0.2, 0.25) is 5.91 Å². The number of hydrogen-bond donors (Lipinski definition) is 2. The van der Waals surface area contributed by atoms with Gasteiger partial charge in [-0.05, 0) is 37.1 Å². The molecule has 84 valence electrons. The normalized spacial score (nSPS) is 9.19. The Hall–Kier alpha value is -1.95. The molecular weight excluding hydrogens is 200 g/mol. The number of rotatable bonds is 1. The van der Waals surface area contributed by atoms with Crippen molar-refractivity contribution in [3.8, 4) is 11.8 Å². The average molecular weight is 216 g/mol. The molecule has 0 aromatic heterocycles. The van der Waals surface area contributed by atoms with E-state index < -0.39 is 0 Å². The molecule has 0 fully saturated rings. The van der Waals surface area contributed by atoms with Gasteiger partial charge in [-0.15, -0.1) is 0 Å². The van der Waals surface area contributed by atoms with E-state index in [1.54, 1.807) is 0 Å². The molecule has 16 heavy (non-hydrogen) atoms. The monoisotopic (exact) mass is 216 g/mol. The van der Waals surface area contributed by atoms with Crippen molar-refractivity contribution in [2.24, 2.45) is 0 Å². The van der Waals surface area contributed by atoms with Gasteiger partial charge in [-0.3, -0.25) is 4.79 Å². The molecule has 0 aliphatic carbocycles. The van der Waals surface area contributed by atoms with Crippen LogP contribution in [0.15, 0.2) is 12.1 Å². The Morgan fingerprint density at radius 2 is 2.06 bits per heavy atom. The van der Waals surface area contributed by atoms with E-state index in [-0.39, 0.29) is 5.91 Å². The zero-order valence-corrected chi connectivity index (χ0v) is 9.85. The van der Waals surface area contributed by atoms with Crippen molar-refractivity contribution in [2.75, 3.05) is 12.3 Å². The van der Waals surface area contributed by atoms with Gasteiger partial charge in [-0.25, -0.2) is 0 Å². The summed E-state index contributed by atoms with van der Waals surface area (Å²) >= 11 is 0. The highest BCUT2D eigenvalue weighted by Gasteiger charge is 1.99. The maximum Gasteiger partial charge on any atom is 0.217 e. The van der Waals surface area contributed by atoms with E-state index in [0.717, 1.165) is 22.4 Å². The Morgan fingerprint density at radius 1 is 1.38 bits per heavy atom. The highest BCUT2D eigenvalue weighted by molar-refractivity contribution is 5.73. The van der Waals surface area contributed by atoms with Crippen LogP contribution in [0.4, 0.5) is 5.69 Å². The molecule has 0 atom stereocenters. The van der Waals surface area contributed by atoms with Gasteiger partial charge in [0.05, 0.1) is 6.54 Å². The first-order valence-corrected chi connectivity index (χ1v) is 5.10. The highest BCUT2D eigenvalue weighted by Crippen LogP contribution is 2.16. The first-order chi connectivity index (χ1) is 7.50. The molecule has 0 saturated heterocycles. The second-order valence-electron chi connectivity index (χ2n) is 3.74. The summed E-state index contributed by atoms with van der Waals surface area (Å²) in [5.74, 6) is 5.84. The van der Waals surface area contributed by atoms with Gasteiger partial charge in [0.25, 0.3) is 0 Å². The lowest BCUT2D eigenvalue weighted by Gasteiger charge is -2.04. The van der Waals surface area contributed by atoms with Crippen LogP contribution in [-0.4, -0.2) is 12.5 Å². The van der Waals surface area contributed by atoms with E-state index in [9.17, 15) is 4.79 Å². The summed E-state index contributed by atoms with van der Waals surface area (Å²) < 4.78 is 0. The number of benzene rings is 1. The van der Waals surface area contributed by atoms with Gasteiger partial charge in [0, 0.05) is 18.2 Å². The first-order valence-electron chi connectivity index (χ1n) is 5.10. The van der Waals surface area contributed by atoms with Crippen LogP contribution in [0.25, 0.3) is 0 Å². The predicted octanol–water partition coefficient (Wildman–Crippen LogP) is 1.37. The number of nitrogens with two attached hydrogens (primary N) is 1. The van der Waals surface area contributed by atoms with Crippen LogP contribution in [0.1, 0.15) is 23.6 Å². The molecule has 0 aliphatic rings. The number of anilines is 1. The van der Waals surface area contributed by atoms with E-state index in [0.29, 0.717) is 6.54 Å². The molecule has 1 rings (SSSR count). The van der Waals surface area contributed by atoms with E-state index in [1.807, 2.05) is 26.0 Å². The van der Waals surface area contributed by atoms with E-state index in [1.165, 1.54) is 6.92 Å². The molecule has 1 aromatic carbocycles. The summed E-state index contributed by atoms with van der Waals surface area (Å²) in [4.78, 5) is 10.6. The maximum atomic E-state index is 10.6. The molecule has 0 heterocycles. The summed E-state index contributed by atoms with van der Waals surface area (Å²) in [7, 11) is 0. The Labute approximate surface area is 96.0 Å². The fraction of sp³-hybridized carbons (Fsp3) is 0.308. The topological polar surface area (TPSA) is 55.1 Å². The van der Waals surface area contributed by atoms with Crippen molar-refractivity contribution in [3.05, 3.63) is 28.8 Å². The fourth-order valence-corrected chi connectivity index (χ4v) is 1.28. The lowest BCUT2D eigenvalue weighted by atomic mass is 10.0. The number of nitrogen functional groups attached to an aromatic ring is 1. The molecule has 3 heteroatoms. The minimum absolute atomic E-state index is 0.0699. The molecule has 0 radical (unpaired) electrons. The van der Waals surface area contributed by atoms with Crippen LogP contribution in [0, 0.1) is 25.7 Å². The summed E-state index contributed by atoms with van der Waals surface area (Å²) in [5, 5.41) is 2.62. The standard InChI is InChI=1S/C13H16N2O/c1-9-8-13(14)10(2)7-12(9)5-4-6-15-11(3)16/h7-8H,6,14H2,1-3H3,(H,15,16). The first kappa shape index (κ1) is 12.1. The molecule has 3 N–H and O–H groups in total. The Bertz CT molecular complexity index is 467. The highest BCUT2D eigenvalue weighted by atomic mass is 16.1. The average Bonchev–Trinajstić information content (AvgIpc) is 2.19. The van der Waals surface area contributed by atoms with E-state index in [2.05, 4.69) is 17.2 Å². The molecule has 1 aromatic rings. The second-order valence-corrected chi connectivity index (χ2v) is 3.74. The largest absolute Gasteiger partial charge is 0.399 e. The molecule has 3 nitrogen and oxygen atoms in total. The minimum Gasteiger partial charge on any atom is -0.399 e. The van der Waals surface area contributed by atoms with Gasteiger partial charge in [0.15, 0.2) is 0 Å². The quantitative estimate of drug-likeness (QED) is 0.550. The maximum absolute atomic E-state index is 10.6. The Balaban J connectivity index is 2.81. The summed E-state index contributed by atoms with van der Waals surface area (Å²) in [5.41, 5.74) is 9.59. The third-order valence-electron chi connectivity index (χ3n) is 2.26. The SMILES string of the molecule is CC(=O)NCC#Cc1cc(C)c(N)cc1C. The fourth-order valence-electron chi connectivity index (χ4n) is 1.28. The number of nitrogens with one attached hydrogen (secondary N) is 1. The summed E-state index contributed by atoms with van der Waals surface area (Å²) in [6, 6.07) is 3.88. The van der Waals surface area contributed by atoms with Gasteiger partial charge >= 0.3 is 0 Å².